The number of sulfone groups is 1. The molecule has 0 radical (unpaired) electrons. The summed E-state index contributed by atoms with van der Waals surface area (Å²) in [6.07, 6.45) is 3.66. The quantitative estimate of drug-likeness (QED) is 0.394. The molecule has 2 aromatic carbocycles. The predicted octanol–water partition coefficient (Wildman–Crippen LogP) is 5.06. The second-order valence-corrected chi connectivity index (χ2v) is 10.5. The van der Waals surface area contributed by atoms with Crippen LogP contribution in [0.4, 0.5) is 10.5 Å². The second-order valence-electron chi connectivity index (χ2n) is 7.81. The number of rotatable bonds is 5. The molecule has 176 valence electrons. The summed E-state index contributed by atoms with van der Waals surface area (Å²) in [4.78, 5) is 17.7. The summed E-state index contributed by atoms with van der Waals surface area (Å²) in [6.45, 7) is 0. The Labute approximate surface area is 206 Å². The lowest BCUT2D eigenvalue weighted by Gasteiger charge is -2.23. The molecule has 1 atom stereocenters. The van der Waals surface area contributed by atoms with Gasteiger partial charge in [0.25, 0.3) is 0 Å². The summed E-state index contributed by atoms with van der Waals surface area (Å²) < 4.78 is 26.3. The summed E-state index contributed by atoms with van der Waals surface area (Å²) in [7, 11) is -3.83. The zero-order valence-corrected chi connectivity index (χ0v) is 19.9. The molecule has 3 heterocycles. The number of pyridine rings is 1. The second kappa shape index (κ2) is 9.32. The van der Waals surface area contributed by atoms with Crippen LogP contribution in [0.2, 0.25) is 0 Å². The van der Waals surface area contributed by atoms with Crippen molar-refractivity contribution < 1.29 is 18.3 Å². The van der Waals surface area contributed by atoms with Crippen molar-refractivity contribution in [1.29, 1.82) is 0 Å². The number of phenolic OH excluding ortho intramolecular Hbond substituents is 1. The average molecular weight is 505 g/mol. The van der Waals surface area contributed by atoms with Gasteiger partial charge in [0.1, 0.15) is 10.6 Å². The van der Waals surface area contributed by atoms with Gasteiger partial charge in [-0.05, 0) is 24.3 Å². The molecule has 0 saturated heterocycles. The number of hydrogen-bond acceptors (Lipinski definition) is 7. The van der Waals surface area contributed by atoms with E-state index in [1.807, 2.05) is 6.07 Å². The van der Waals surface area contributed by atoms with Crippen LogP contribution >= 0.6 is 11.3 Å². The number of hydrazone groups is 1. The van der Waals surface area contributed by atoms with Crippen LogP contribution in [0.25, 0.3) is 0 Å². The van der Waals surface area contributed by atoms with E-state index in [1.54, 1.807) is 66.3 Å². The summed E-state index contributed by atoms with van der Waals surface area (Å²) in [5.74, 6) is 0.0424. The third-order valence-corrected chi connectivity index (χ3v) is 8.32. The molecule has 10 heteroatoms. The zero-order valence-electron chi connectivity index (χ0n) is 18.3. The van der Waals surface area contributed by atoms with Crippen LogP contribution in [0, 0.1) is 0 Å². The van der Waals surface area contributed by atoms with E-state index < -0.39 is 21.9 Å². The Kier molecular flexibility index (Phi) is 6.06. The van der Waals surface area contributed by atoms with E-state index >= 15 is 0 Å². The minimum Gasteiger partial charge on any atom is -0.508 e. The van der Waals surface area contributed by atoms with Crippen LogP contribution < -0.4 is 5.32 Å². The van der Waals surface area contributed by atoms with Crippen LogP contribution in [-0.2, 0) is 9.84 Å². The van der Waals surface area contributed by atoms with Gasteiger partial charge in [-0.3, -0.25) is 4.98 Å². The van der Waals surface area contributed by atoms with Crippen molar-refractivity contribution in [2.45, 2.75) is 22.3 Å². The van der Waals surface area contributed by atoms with Crippen LogP contribution in [0.15, 0.2) is 105 Å². The Morgan fingerprint density at radius 3 is 2.54 bits per heavy atom. The van der Waals surface area contributed by atoms with E-state index in [2.05, 4.69) is 15.4 Å². The predicted molar refractivity (Wildman–Crippen MR) is 133 cm³/mol. The molecule has 5 rings (SSSR count). The summed E-state index contributed by atoms with van der Waals surface area (Å²) in [5.41, 5.74) is 2.09. The van der Waals surface area contributed by atoms with E-state index in [4.69, 9.17) is 0 Å². The van der Waals surface area contributed by atoms with E-state index in [-0.39, 0.29) is 21.2 Å². The standard InChI is InChI=1S/C25H20N4O4S2/c30-23-11-5-4-10-19(23)22-13-20(17-7-6-12-26-14-17)28-29(22)25(31)27-21-15-34-16-24(21)35(32,33)18-8-2-1-3-9-18/h1-12,14-16,22,30H,13H2,(H,27,31). The monoisotopic (exact) mass is 504 g/mol. The van der Waals surface area contributed by atoms with Crippen molar-refractivity contribution in [3.8, 4) is 5.75 Å². The lowest BCUT2D eigenvalue weighted by Crippen LogP contribution is -2.31. The number of thiophene rings is 1. The molecule has 35 heavy (non-hydrogen) atoms. The highest BCUT2D eigenvalue weighted by molar-refractivity contribution is 7.91. The summed E-state index contributed by atoms with van der Waals surface area (Å²) >= 11 is 1.17. The first-order valence-electron chi connectivity index (χ1n) is 10.7. The van der Waals surface area contributed by atoms with Crippen LogP contribution in [0.1, 0.15) is 23.6 Å². The maximum Gasteiger partial charge on any atom is 0.342 e. The third-order valence-electron chi connectivity index (χ3n) is 5.62. The van der Waals surface area contributed by atoms with Gasteiger partial charge >= 0.3 is 6.03 Å². The smallest absolute Gasteiger partial charge is 0.342 e. The molecule has 2 aromatic heterocycles. The number of para-hydroxylation sites is 1. The number of carbonyl (C=O) groups excluding carboxylic acids is 1. The number of aromatic nitrogens is 1. The minimum absolute atomic E-state index is 0.0109. The number of urea groups is 1. The van der Waals surface area contributed by atoms with Crippen LogP contribution in [0.3, 0.4) is 0 Å². The fourth-order valence-electron chi connectivity index (χ4n) is 3.90. The Balaban J connectivity index is 1.49. The van der Waals surface area contributed by atoms with Gasteiger partial charge in [0.05, 0.1) is 22.3 Å². The Morgan fingerprint density at radius 2 is 1.80 bits per heavy atom. The molecule has 0 fully saturated rings. The van der Waals surface area contributed by atoms with Crippen LogP contribution in [0.5, 0.6) is 5.75 Å². The normalized spacial score (nSPS) is 15.6. The Bertz CT molecular complexity index is 1500. The van der Waals surface area contributed by atoms with Gasteiger partial charge in [0.2, 0.25) is 9.84 Å². The molecule has 2 amide bonds. The highest BCUT2D eigenvalue weighted by atomic mass is 32.2. The Hall–Kier alpha value is -4.02. The van der Waals surface area contributed by atoms with Crippen molar-refractivity contribution in [3.63, 3.8) is 0 Å². The number of nitrogens with one attached hydrogen (secondary N) is 1. The first-order chi connectivity index (χ1) is 16.9. The van der Waals surface area contributed by atoms with Crippen LogP contribution in [-0.4, -0.2) is 35.3 Å². The molecule has 4 aromatic rings. The molecule has 1 aliphatic heterocycles. The number of phenols is 1. The highest BCUT2D eigenvalue weighted by Crippen LogP contribution is 2.38. The SMILES string of the molecule is O=C(Nc1cscc1S(=O)(=O)c1ccccc1)N1N=C(c2cccnc2)CC1c1ccccc1O. The van der Waals surface area contributed by atoms with Gasteiger partial charge in [0.15, 0.2) is 0 Å². The topological polar surface area (TPSA) is 112 Å². The molecule has 0 spiro atoms. The molecule has 1 aliphatic rings. The van der Waals surface area contributed by atoms with Crippen molar-refractivity contribution in [2.24, 2.45) is 5.10 Å². The Morgan fingerprint density at radius 1 is 1.03 bits per heavy atom. The summed E-state index contributed by atoms with van der Waals surface area (Å²) in [5, 5.41) is 22.0. The van der Waals surface area contributed by atoms with E-state index in [0.717, 1.165) is 5.56 Å². The van der Waals surface area contributed by atoms with Gasteiger partial charge in [-0.15, -0.1) is 11.3 Å². The number of carbonyl (C=O) groups is 1. The molecule has 8 nitrogen and oxygen atoms in total. The zero-order chi connectivity index (χ0) is 24.4. The minimum atomic E-state index is -3.83. The van der Waals surface area contributed by atoms with Gasteiger partial charge in [0, 0.05) is 40.7 Å². The summed E-state index contributed by atoms with van der Waals surface area (Å²) in [6, 6.07) is 17.2. The highest BCUT2D eigenvalue weighted by Gasteiger charge is 2.35. The lowest BCUT2D eigenvalue weighted by molar-refractivity contribution is 0.199. The average Bonchev–Trinajstić information content (AvgIpc) is 3.53. The number of benzene rings is 2. The number of hydrogen-bond donors (Lipinski definition) is 2. The molecule has 1 unspecified atom stereocenters. The number of aromatic hydroxyl groups is 1. The molecule has 2 N–H and O–H groups in total. The van der Waals surface area contributed by atoms with Gasteiger partial charge in [-0.2, -0.15) is 5.10 Å². The maximum atomic E-state index is 13.4. The van der Waals surface area contributed by atoms with Gasteiger partial charge in [-0.25, -0.2) is 18.2 Å². The molecule has 0 saturated carbocycles. The number of anilines is 1. The number of amides is 2. The van der Waals surface area contributed by atoms with Gasteiger partial charge in [-0.1, -0.05) is 42.5 Å². The molecule has 0 aliphatic carbocycles. The molecular weight excluding hydrogens is 484 g/mol. The van der Waals surface area contributed by atoms with Gasteiger partial charge < -0.3 is 10.4 Å². The van der Waals surface area contributed by atoms with Crippen molar-refractivity contribution in [2.75, 3.05) is 5.32 Å². The largest absolute Gasteiger partial charge is 0.508 e. The van der Waals surface area contributed by atoms with Crippen molar-refractivity contribution in [3.05, 3.63) is 101 Å². The van der Waals surface area contributed by atoms with E-state index in [9.17, 15) is 18.3 Å². The fourth-order valence-corrected chi connectivity index (χ4v) is 6.46. The van der Waals surface area contributed by atoms with E-state index in [1.165, 1.54) is 33.9 Å². The molecule has 0 bridgehead atoms. The first kappa shape index (κ1) is 22.8. The van der Waals surface area contributed by atoms with Crippen molar-refractivity contribution >= 4 is 38.6 Å². The molecular formula is C25H20N4O4S2. The number of nitrogens with zero attached hydrogens (tertiary/aromatic N) is 3. The van der Waals surface area contributed by atoms with Crippen molar-refractivity contribution in [1.82, 2.24) is 9.99 Å². The third kappa shape index (κ3) is 4.41. The maximum absolute atomic E-state index is 13.4. The lowest BCUT2D eigenvalue weighted by atomic mass is 9.98. The first-order valence-corrected chi connectivity index (χ1v) is 13.1. The van der Waals surface area contributed by atoms with E-state index in [0.29, 0.717) is 17.7 Å². The fraction of sp³-hybridized carbons (Fsp3) is 0.0800.